The van der Waals surface area contributed by atoms with Crippen molar-refractivity contribution in [2.45, 2.75) is 6.42 Å². The van der Waals surface area contributed by atoms with Gasteiger partial charge in [0.1, 0.15) is 5.82 Å². The Morgan fingerprint density at radius 1 is 1.50 bits per heavy atom. The Balaban J connectivity index is 2.88. The predicted octanol–water partition coefficient (Wildman–Crippen LogP) is -0.665. The molecule has 0 aliphatic carbocycles. The van der Waals surface area contributed by atoms with Crippen molar-refractivity contribution in [3.05, 3.63) is 17.8 Å². The van der Waals surface area contributed by atoms with Crippen LogP contribution in [0.1, 0.15) is 16.8 Å². The lowest BCUT2D eigenvalue weighted by Crippen LogP contribution is -2.29. The molecule has 0 spiro atoms. The molecule has 5 N–H and O–H groups in total. The number of nitrogens with zero attached hydrogens (tertiary/aromatic N) is 2. The van der Waals surface area contributed by atoms with Crippen molar-refractivity contribution < 1.29 is 9.59 Å². The normalized spacial score (nSPS) is 9.89. The average Bonchev–Trinajstić information content (AvgIpc) is 2.35. The van der Waals surface area contributed by atoms with Crippen molar-refractivity contribution >= 4 is 23.3 Å². The highest BCUT2D eigenvalue weighted by molar-refractivity contribution is 5.98. The zero-order valence-electron chi connectivity index (χ0n) is 10.4. The van der Waals surface area contributed by atoms with Crippen LogP contribution < -0.4 is 21.7 Å². The zero-order valence-corrected chi connectivity index (χ0v) is 10.4. The number of rotatable bonds is 5. The van der Waals surface area contributed by atoms with E-state index in [0.717, 1.165) is 0 Å². The molecule has 0 fully saturated rings. The van der Waals surface area contributed by atoms with E-state index in [-0.39, 0.29) is 11.5 Å². The number of hydrogen-bond donors (Lipinski definition) is 3. The number of nitrogens with one attached hydrogen (secondary N) is 1. The van der Waals surface area contributed by atoms with E-state index >= 15 is 0 Å². The number of nitrogen functional groups attached to an aromatic ring is 1. The minimum atomic E-state index is -0.600. The molecule has 0 bridgehead atoms. The lowest BCUT2D eigenvalue weighted by atomic mass is 10.2. The van der Waals surface area contributed by atoms with Gasteiger partial charge in [-0.15, -0.1) is 0 Å². The van der Waals surface area contributed by atoms with E-state index in [0.29, 0.717) is 24.5 Å². The average molecular weight is 251 g/mol. The van der Waals surface area contributed by atoms with Crippen LogP contribution in [0.3, 0.4) is 0 Å². The quantitative estimate of drug-likeness (QED) is 0.642. The van der Waals surface area contributed by atoms with Crippen LogP contribution in [-0.2, 0) is 4.79 Å². The van der Waals surface area contributed by atoms with Crippen LogP contribution in [0.4, 0.5) is 11.5 Å². The second kappa shape index (κ2) is 5.85. The van der Waals surface area contributed by atoms with Gasteiger partial charge in [0, 0.05) is 27.1 Å². The summed E-state index contributed by atoms with van der Waals surface area (Å²) in [4.78, 5) is 28.2. The van der Waals surface area contributed by atoms with E-state index in [1.165, 1.54) is 12.3 Å². The third kappa shape index (κ3) is 3.34. The number of primary amides is 1. The molecule has 1 aromatic heterocycles. The van der Waals surface area contributed by atoms with Gasteiger partial charge in [-0.1, -0.05) is 0 Å². The van der Waals surface area contributed by atoms with Gasteiger partial charge < -0.3 is 21.7 Å². The SMILES string of the molecule is CNC(=O)CCN(C)c1ncc(N)cc1C(N)=O. The summed E-state index contributed by atoms with van der Waals surface area (Å²) < 4.78 is 0. The summed E-state index contributed by atoms with van der Waals surface area (Å²) in [5.74, 6) is -0.268. The van der Waals surface area contributed by atoms with Crippen LogP contribution in [0.2, 0.25) is 0 Å². The minimum Gasteiger partial charge on any atom is -0.397 e. The summed E-state index contributed by atoms with van der Waals surface area (Å²) in [5, 5.41) is 2.52. The first-order chi connectivity index (χ1) is 8.45. The first-order valence-electron chi connectivity index (χ1n) is 5.42. The largest absolute Gasteiger partial charge is 0.397 e. The second-order valence-corrected chi connectivity index (χ2v) is 3.85. The molecule has 0 aliphatic rings. The molecule has 1 aromatic rings. The molecular formula is C11H17N5O2. The lowest BCUT2D eigenvalue weighted by Gasteiger charge is -2.19. The van der Waals surface area contributed by atoms with Gasteiger partial charge in [0.05, 0.1) is 17.4 Å². The van der Waals surface area contributed by atoms with E-state index < -0.39 is 5.91 Å². The van der Waals surface area contributed by atoms with E-state index in [1.54, 1.807) is 19.0 Å². The Morgan fingerprint density at radius 3 is 2.72 bits per heavy atom. The molecular weight excluding hydrogens is 234 g/mol. The maximum atomic E-state index is 11.3. The van der Waals surface area contributed by atoms with E-state index in [9.17, 15) is 9.59 Å². The Labute approximate surface area is 105 Å². The topological polar surface area (TPSA) is 114 Å². The Kier molecular flexibility index (Phi) is 4.47. The summed E-state index contributed by atoms with van der Waals surface area (Å²) in [7, 11) is 3.30. The molecule has 0 aliphatic heterocycles. The van der Waals surface area contributed by atoms with Crippen molar-refractivity contribution in [1.29, 1.82) is 0 Å². The van der Waals surface area contributed by atoms with Gasteiger partial charge in [-0.3, -0.25) is 9.59 Å². The number of carbonyl (C=O) groups is 2. The molecule has 7 heteroatoms. The van der Waals surface area contributed by atoms with Crippen molar-refractivity contribution in [1.82, 2.24) is 10.3 Å². The monoisotopic (exact) mass is 251 g/mol. The smallest absolute Gasteiger partial charge is 0.252 e. The standard InChI is InChI=1S/C11H17N5O2/c1-14-9(17)3-4-16(2)11-8(10(13)18)5-7(12)6-15-11/h5-6H,3-4,12H2,1-2H3,(H2,13,18)(H,14,17). The number of pyridine rings is 1. The second-order valence-electron chi connectivity index (χ2n) is 3.85. The molecule has 0 unspecified atom stereocenters. The fourth-order valence-corrected chi connectivity index (χ4v) is 1.46. The van der Waals surface area contributed by atoms with Gasteiger partial charge in [0.15, 0.2) is 0 Å². The third-order valence-electron chi connectivity index (χ3n) is 2.47. The molecule has 2 amide bonds. The van der Waals surface area contributed by atoms with Crippen molar-refractivity contribution in [2.24, 2.45) is 5.73 Å². The molecule has 1 rings (SSSR count). The summed E-state index contributed by atoms with van der Waals surface area (Å²) in [6.07, 6.45) is 1.75. The van der Waals surface area contributed by atoms with Gasteiger partial charge in [-0.2, -0.15) is 0 Å². The molecule has 98 valence electrons. The molecule has 7 nitrogen and oxygen atoms in total. The molecule has 0 saturated heterocycles. The highest BCUT2D eigenvalue weighted by atomic mass is 16.1. The zero-order chi connectivity index (χ0) is 13.7. The molecule has 0 aromatic carbocycles. The molecule has 0 saturated carbocycles. The van der Waals surface area contributed by atoms with Gasteiger partial charge in [0.2, 0.25) is 5.91 Å². The van der Waals surface area contributed by atoms with Crippen LogP contribution in [0.25, 0.3) is 0 Å². The fourth-order valence-electron chi connectivity index (χ4n) is 1.46. The van der Waals surface area contributed by atoms with Crippen LogP contribution >= 0.6 is 0 Å². The molecule has 18 heavy (non-hydrogen) atoms. The first kappa shape index (κ1) is 13.8. The molecule has 1 heterocycles. The van der Waals surface area contributed by atoms with Gasteiger partial charge >= 0.3 is 0 Å². The maximum absolute atomic E-state index is 11.3. The third-order valence-corrected chi connectivity index (χ3v) is 2.47. The van der Waals surface area contributed by atoms with Crippen molar-refractivity contribution in [3.63, 3.8) is 0 Å². The number of hydrogen-bond acceptors (Lipinski definition) is 5. The number of amides is 2. The fraction of sp³-hybridized carbons (Fsp3) is 0.364. The minimum absolute atomic E-state index is 0.0853. The molecule has 0 radical (unpaired) electrons. The van der Waals surface area contributed by atoms with E-state index in [4.69, 9.17) is 11.5 Å². The van der Waals surface area contributed by atoms with E-state index in [1.807, 2.05) is 0 Å². The van der Waals surface area contributed by atoms with E-state index in [2.05, 4.69) is 10.3 Å². The Hall–Kier alpha value is -2.31. The molecule has 0 atom stereocenters. The van der Waals surface area contributed by atoms with Gasteiger partial charge in [-0.25, -0.2) is 4.98 Å². The van der Waals surface area contributed by atoms with Crippen LogP contribution in [0.15, 0.2) is 12.3 Å². The number of carbonyl (C=O) groups excluding carboxylic acids is 2. The Morgan fingerprint density at radius 2 is 2.17 bits per heavy atom. The number of anilines is 2. The summed E-state index contributed by atoms with van der Waals surface area (Å²) in [5.41, 5.74) is 11.4. The Bertz CT molecular complexity index is 461. The van der Waals surface area contributed by atoms with Crippen molar-refractivity contribution in [3.8, 4) is 0 Å². The lowest BCUT2D eigenvalue weighted by molar-refractivity contribution is -0.120. The maximum Gasteiger partial charge on any atom is 0.252 e. The first-order valence-corrected chi connectivity index (χ1v) is 5.42. The number of nitrogens with two attached hydrogens (primary N) is 2. The van der Waals surface area contributed by atoms with Crippen LogP contribution in [0, 0.1) is 0 Å². The predicted molar refractivity (Wildman–Crippen MR) is 69.1 cm³/mol. The summed E-state index contributed by atoms with van der Waals surface area (Å²) in [6, 6.07) is 1.47. The van der Waals surface area contributed by atoms with Crippen molar-refractivity contribution in [2.75, 3.05) is 31.3 Å². The summed E-state index contributed by atoms with van der Waals surface area (Å²) in [6.45, 7) is 0.427. The van der Waals surface area contributed by atoms with Crippen LogP contribution in [-0.4, -0.2) is 37.4 Å². The van der Waals surface area contributed by atoms with Gasteiger partial charge in [-0.05, 0) is 6.07 Å². The van der Waals surface area contributed by atoms with Gasteiger partial charge in [0.25, 0.3) is 5.91 Å². The summed E-state index contributed by atoms with van der Waals surface area (Å²) >= 11 is 0. The number of aromatic nitrogens is 1. The highest BCUT2D eigenvalue weighted by Crippen LogP contribution is 2.18. The highest BCUT2D eigenvalue weighted by Gasteiger charge is 2.14. The van der Waals surface area contributed by atoms with Crippen LogP contribution in [0.5, 0.6) is 0 Å².